The highest BCUT2D eigenvalue weighted by molar-refractivity contribution is 9.10. The fourth-order valence-electron chi connectivity index (χ4n) is 2.30. The van der Waals surface area contributed by atoms with Crippen LogP contribution in [0.1, 0.15) is 12.8 Å². The van der Waals surface area contributed by atoms with Gasteiger partial charge >= 0.3 is 0 Å². The summed E-state index contributed by atoms with van der Waals surface area (Å²) in [5.74, 6) is 0.942. The average molecular weight is 397 g/mol. The third kappa shape index (κ3) is 4.55. The summed E-state index contributed by atoms with van der Waals surface area (Å²) in [6.07, 6.45) is 2.25. The molecule has 1 aliphatic rings. The summed E-state index contributed by atoms with van der Waals surface area (Å²) in [7, 11) is 0. The zero-order valence-corrected chi connectivity index (χ0v) is 14.8. The fraction of sp³-hybridized carbons (Fsp3) is 0.400. The molecule has 0 aliphatic carbocycles. The molecule has 1 atom stereocenters. The summed E-state index contributed by atoms with van der Waals surface area (Å²) < 4.78 is 6.42. The highest BCUT2D eigenvalue weighted by Crippen LogP contribution is 2.26. The average Bonchev–Trinajstić information content (AvgIpc) is 3.23. The number of thioether (sulfide) groups is 1. The molecule has 8 heteroatoms. The second-order valence-electron chi connectivity index (χ2n) is 5.17. The lowest BCUT2D eigenvalue weighted by Crippen LogP contribution is -2.32. The number of carbonyl (C=O) groups excluding carboxylic acids is 1. The topological polar surface area (TPSA) is 79.9 Å². The number of hydrogen-bond donors (Lipinski definition) is 2. The second kappa shape index (κ2) is 7.94. The van der Waals surface area contributed by atoms with E-state index in [1.807, 2.05) is 24.3 Å². The number of nitrogens with zero attached hydrogens (tertiary/aromatic N) is 2. The molecule has 0 bridgehead atoms. The van der Waals surface area contributed by atoms with Crippen LogP contribution in [0.15, 0.2) is 33.9 Å². The van der Waals surface area contributed by atoms with E-state index in [-0.39, 0.29) is 12.0 Å². The largest absolute Gasteiger partial charge is 0.376 e. The van der Waals surface area contributed by atoms with Gasteiger partial charge in [-0.25, -0.2) is 4.98 Å². The SMILES string of the molecule is O=C(CSc1n[nH]c(-c2ccccc2Br)n1)NC[C@H]1CCCO1. The Balaban J connectivity index is 1.49. The maximum atomic E-state index is 11.8. The Morgan fingerprint density at radius 2 is 2.35 bits per heavy atom. The summed E-state index contributed by atoms with van der Waals surface area (Å²) in [4.78, 5) is 16.3. The Bertz CT molecular complexity index is 673. The van der Waals surface area contributed by atoms with Crippen LogP contribution in [0.25, 0.3) is 11.4 Å². The number of carbonyl (C=O) groups is 1. The molecule has 1 aromatic heterocycles. The van der Waals surface area contributed by atoms with E-state index in [1.165, 1.54) is 11.8 Å². The first-order valence-electron chi connectivity index (χ1n) is 7.41. The Kier molecular flexibility index (Phi) is 5.69. The van der Waals surface area contributed by atoms with Crippen LogP contribution in [-0.2, 0) is 9.53 Å². The quantitative estimate of drug-likeness (QED) is 0.733. The van der Waals surface area contributed by atoms with E-state index in [0.29, 0.717) is 23.3 Å². The lowest BCUT2D eigenvalue weighted by atomic mass is 10.2. The third-order valence-electron chi connectivity index (χ3n) is 3.48. The Morgan fingerprint density at radius 3 is 3.13 bits per heavy atom. The van der Waals surface area contributed by atoms with Crippen molar-refractivity contribution < 1.29 is 9.53 Å². The van der Waals surface area contributed by atoms with Gasteiger partial charge in [0, 0.05) is 23.2 Å². The third-order valence-corrected chi connectivity index (χ3v) is 5.02. The van der Waals surface area contributed by atoms with Gasteiger partial charge in [-0.1, -0.05) is 45.9 Å². The molecular weight excluding hydrogens is 380 g/mol. The Morgan fingerprint density at radius 1 is 1.48 bits per heavy atom. The van der Waals surface area contributed by atoms with Crippen LogP contribution >= 0.6 is 27.7 Å². The molecule has 3 rings (SSSR count). The van der Waals surface area contributed by atoms with Gasteiger partial charge in [-0.15, -0.1) is 5.10 Å². The van der Waals surface area contributed by atoms with E-state index in [0.717, 1.165) is 29.5 Å². The maximum Gasteiger partial charge on any atom is 0.230 e. The van der Waals surface area contributed by atoms with Gasteiger partial charge in [0.05, 0.1) is 11.9 Å². The number of H-pyrrole nitrogens is 1. The lowest BCUT2D eigenvalue weighted by molar-refractivity contribution is -0.119. The number of hydrogen-bond acceptors (Lipinski definition) is 5. The minimum absolute atomic E-state index is 0.0299. The van der Waals surface area contributed by atoms with Crippen molar-refractivity contribution in [2.45, 2.75) is 24.1 Å². The van der Waals surface area contributed by atoms with E-state index in [4.69, 9.17) is 4.74 Å². The molecular formula is C15H17BrN4O2S. The van der Waals surface area contributed by atoms with Crippen LogP contribution in [-0.4, -0.2) is 46.1 Å². The highest BCUT2D eigenvalue weighted by Gasteiger charge is 2.16. The van der Waals surface area contributed by atoms with Gasteiger partial charge in [0.1, 0.15) is 0 Å². The monoisotopic (exact) mass is 396 g/mol. The molecule has 0 radical (unpaired) electrons. The zero-order valence-electron chi connectivity index (χ0n) is 12.4. The van der Waals surface area contributed by atoms with Crippen LogP contribution in [0.3, 0.4) is 0 Å². The second-order valence-corrected chi connectivity index (χ2v) is 6.97. The van der Waals surface area contributed by atoms with Gasteiger partial charge in [0.2, 0.25) is 11.1 Å². The molecule has 2 N–H and O–H groups in total. The van der Waals surface area contributed by atoms with E-state index in [1.54, 1.807) is 0 Å². The van der Waals surface area contributed by atoms with Crippen molar-refractivity contribution in [1.29, 1.82) is 0 Å². The molecule has 2 aromatic rings. The first-order chi connectivity index (χ1) is 11.2. The highest BCUT2D eigenvalue weighted by atomic mass is 79.9. The van der Waals surface area contributed by atoms with Crippen LogP contribution in [0.4, 0.5) is 0 Å². The van der Waals surface area contributed by atoms with Gasteiger partial charge in [-0.2, -0.15) is 0 Å². The number of amides is 1. The summed E-state index contributed by atoms with van der Waals surface area (Å²) in [6.45, 7) is 1.37. The molecule has 0 unspecified atom stereocenters. The minimum atomic E-state index is -0.0299. The molecule has 1 amide bonds. The van der Waals surface area contributed by atoms with E-state index < -0.39 is 0 Å². The first kappa shape index (κ1) is 16.5. The molecule has 1 aliphatic heterocycles. The Hall–Kier alpha value is -1.38. The predicted octanol–water partition coefficient (Wildman–Crippen LogP) is 2.62. The molecule has 1 aromatic carbocycles. The molecule has 1 fully saturated rings. The van der Waals surface area contributed by atoms with Gasteiger partial charge in [-0.05, 0) is 18.9 Å². The van der Waals surface area contributed by atoms with Crippen LogP contribution < -0.4 is 5.32 Å². The van der Waals surface area contributed by atoms with Crippen molar-refractivity contribution >= 4 is 33.6 Å². The van der Waals surface area contributed by atoms with Gasteiger partial charge in [-0.3, -0.25) is 9.89 Å². The van der Waals surface area contributed by atoms with Crippen LogP contribution in [0, 0.1) is 0 Å². The number of nitrogens with one attached hydrogen (secondary N) is 2. The van der Waals surface area contributed by atoms with Crippen molar-refractivity contribution in [2.24, 2.45) is 0 Å². The standard InChI is InChI=1S/C15H17BrN4O2S/c16-12-6-2-1-5-11(12)14-18-15(20-19-14)23-9-13(21)17-8-10-4-3-7-22-10/h1-2,5-6,10H,3-4,7-9H2,(H,17,21)(H,18,19,20)/t10-/m1/s1. The smallest absolute Gasteiger partial charge is 0.230 e. The Labute approximate surface area is 146 Å². The van der Waals surface area contributed by atoms with Crippen LogP contribution in [0.5, 0.6) is 0 Å². The number of ether oxygens (including phenoxy) is 1. The molecule has 23 heavy (non-hydrogen) atoms. The molecule has 122 valence electrons. The number of benzene rings is 1. The molecule has 1 saturated heterocycles. The first-order valence-corrected chi connectivity index (χ1v) is 9.18. The summed E-state index contributed by atoms with van der Waals surface area (Å²) in [6, 6.07) is 7.78. The van der Waals surface area contributed by atoms with Crippen molar-refractivity contribution in [1.82, 2.24) is 20.5 Å². The molecule has 6 nitrogen and oxygen atoms in total. The normalized spacial score (nSPS) is 17.3. The molecule has 2 heterocycles. The van der Waals surface area contributed by atoms with Gasteiger partial charge < -0.3 is 10.1 Å². The summed E-state index contributed by atoms with van der Waals surface area (Å²) in [5.41, 5.74) is 0.940. The number of aromatic nitrogens is 3. The van der Waals surface area contributed by atoms with Crippen molar-refractivity contribution in [3.63, 3.8) is 0 Å². The van der Waals surface area contributed by atoms with Gasteiger partial charge in [0.15, 0.2) is 5.82 Å². The van der Waals surface area contributed by atoms with Crippen LogP contribution in [0.2, 0.25) is 0 Å². The number of aromatic amines is 1. The van der Waals surface area contributed by atoms with Crippen molar-refractivity contribution in [3.8, 4) is 11.4 Å². The molecule has 0 saturated carbocycles. The number of rotatable bonds is 6. The lowest BCUT2D eigenvalue weighted by Gasteiger charge is -2.09. The van der Waals surface area contributed by atoms with Crippen molar-refractivity contribution in [3.05, 3.63) is 28.7 Å². The van der Waals surface area contributed by atoms with Gasteiger partial charge in [0.25, 0.3) is 0 Å². The maximum absolute atomic E-state index is 11.8. The summed E-state index contributed by atoms with van der Waals surface area (Å²) >= 11 is 4.80. The van der Waals surface area contributed by atoms with Crippen molar-refractivity contribution in [2.75, 3.05) is 18.9 Å². The fourth-order valence-corrected chi connectivity index (χ4v) is 3.40. The van der Waals surface area contributed by atoms with E-state index in [9.17, 15) is 4.79 Å². The van der Waals surface area contributed by atoms with E-state index in [2.05, 4.69) is 36.4 Å². The molecule has 0 spiro atoms. The minimum Gasteiger partial charge on any atom is -0.376 e. The summed E-state index contributed by atoms with van der Waals surface area (Å²) in [5, 5.41) is 10.5. The zero-order chi connectivity index (χ0) is 16.1. The van der Waals surface area contributed by atoms with E-state index >= 15 is 0 Å². The number of halogens is 1. The predicted molar refractivity (Wildman–Crippen MR) is 92.2 cm³/mol.